The summed E-state index contributed by atoms with van der Waals surface area (Å²) in [5.41, 5.74) is 3.16. The van der Waals surface area contributed by atoms with E-state index in [1.165, 1.54) is 25.9 Å². The van der Waals surface area contributed by atoms with E-state index in [1.807, 2.05) is 18.3 Å². The number of benzene rings is 1. The third kappa shape index (κ3) is 3.37. The predicted molar refractivity (Wildman–Crippen MR) is 103 cm³/mol. The number of aromatic amines is 1. The highest BCUT2D eigenvalue weighted by Gasteiger charge is 2.19. The average molecular weight is 335 g/mol. The quantitative estimate of drug-likeness (QED) is 0.794. The Bertz CT molecular complexity index is 856. The van der Waals surface area contributed by atoms with Crippen molar-refractivity contribution in [2.45, 2.75) is 12.8 Å². The Hall–Kier alpha value is -2.40. The molecule has 2 aromatic heterocycles. The largest absolute Gasteiger partial charge is 0.359 e. The number of piperidine rings is 1. The number of anilines is 1. The molecule has 0 spiro atoms. The number of hydrogen-bond acceptors (Lipinski definition) is 4. The van der Waals surface area contributed by atoms with Crippen LogP contribution in [0.15, 0.2) is 42.6 Å². The zero-order chi connectivity index (χ0) is 17.2. The normalized spacial score (nSPS) is 18.6. The van der Waals surface area contributed by atoms with Gasteiger partial charge in [0.25, 0.3) is 0 Å². The van der Waals surface area contributed by atoms with E-state index in [0.717, 1.165) is 34.5 Å². The van der Waals surface area contributed by atoms with Gasteiger partial charge in [0.2, 0.25) is 0 Å². The second-order valence-electron chi connectivity index (χ2n) is 7.17. The number of hydrogen-bond donors (Lipinski definition) is 1. The maximum atomic E-state index is 4.59. The van der Waals surface area contributed by atoms with Gasteiger partial charge in [-0.1, -0.05) is 18.2 Å². The molecule has 0 radical (unpaired) electrons. The number of H-pyrrole nitrogens is 1. The minimum absolute atomic E-state index is 0.709. The summed E-state index contributed by atoms with van der Waals surface area (Å²) in [5, 5.41) is 8.78. The van der Waals surface area contributed by atoms with Gasteiger partial charge in [0.05, 0.1) is 5.52 Å². The van der Waals surface area contributed by atoms with Crippen LogP contribution >= 0.6 is 0 Å². The van der Waals surface area contributed by atoms with E-state index in [0.29, 0.717) is 5.92 Å². The van der Waals surface area contributed by atoms with Gasteiger partial charge < -0.3 is 9.80 Å². The van der Waals surface area contributed by atoms with Crippen LogP contribution in [0.2, 0.25) is 0 Å². The number of rotatable bonds is 4. The molecule has 1 unspecified atom stereocenters. The molecule has 5 nitrogen and oxygen atoms in total. The minimum Gasteiger partial charge on any atom is -0.359 e. The van der Waals surface area contributed by atoms with Gasteiger partial charge in [-0.05, 0) is 50.6 Å². The fraction of sp³-hybridized carbons (Fsp3) is 0.400. The maximum absolute atomic E-state index is 4.59. The van der Waals surface area contributed by atoms with Crippen LogP contribution in [-0.4, -0.2) is 53.8 Å². The van der Waals surface area contributed by atoms with Crippen LogP contribution in [0.25, 0.3) is 22.2 Å². The highest BCUT2D eigenvalue weighted by Crippen LogP contribution is 2.28. The maximum Gasteiger partial charge on any atom is 0.128 e. The molecule has 3 aromatic rings. The van der Waals surface area contributed by atoms with Gasteiger partial charge in [-0.3, -0.25) is 5.10 Å². The number of nitrogens with zero attached hydrogens (tertiary/aromatic N) is 4. The Morgan fingerprint density at radius 3 is 3.04 bits per heavy atom. The second-order valence-corrected chi connectivity index (χ2v) is 7.17. The molecule has 4 rings (SSSR count). The van der Waals surface area contributed by atoms with Crippen molar-refractivity contribution in [1.82, 2.24) is 20.1 Å². The smallest absolute Gasteiger partial charge is 0.128 e. The molecule has 1 saturated heterocycles. The summed E-state index contributed by atoms with van der Waals surface area (Å²) in [4.78, 5) is 9.30. The monoisotopic (exact) mass is 335 g/mol. The zero-order valence-electron chi connectivity index (χ0n) is 14.9. The van der Waals surface area contributed by atoms with Gasteiger partial charge in [0, 0.05) is 37.3 Å². The summed E-state index contributed by atoms with van der Waals surface area (Å²) in [6, 6.07) is 12.4. The molecule has 0 bridgehead atoms. The fourth-order valence-corrected chi connectivity index (χ4v) is 3.86. The van der Waals surface area contributed by atoms with Crippen LogP contribution in [0.1, 0.15) is 12.8 Å². The van der Waals surface area contributed by atoms with E-state index in [4.69, 9.17) is 0 Å². The van der Waals surface area contributed by atoms with E-state index in [1.54, 1.807) is 0 Å². The number of pyridine rings is 1. The lowest BCUT2D eigenvalue weighted by molar-refractivity contribution is 0.213. The summed E-state index contributed by atoms with van der Waals surface area (Å²) >= 11 is 0. The van der Waals surface area contributed by atoms with Crippen LogP contribution < -0.4 is 4.90 Å². The van der Waals surface area contributed by atoms with Gasteiger partial charge in [-0.2, -0.15) is 5.10 Å². The SMILES string of the molecule is CN1CCCC(CN(C)c2cc(-c3n[nH]c4ccccc34)ccn2)C1. The standard InChI is InChI=1S/C20H25N5/c1-24-11-5-6-15(13-24)14-25(2)19-12-16(9-10-21-19)20-17-7-3-4-8-18(17)22-23-20/h3-4,7-10,12,15H,5-6,11,13-14H2,1-2H3,(H,22,23). The van der Waals surface area contributed by atoms with Crippen LogP contribution in [0.3, 0.4) is 0 Å². The van der Waals surface area contributed by atoms with Gasteiger partial charge in [0.15, 0.2) is 0 Å². The molecule has 130 valence electrons. The van der Waals surface area contributed by atoms with Crippen LogP contribution in [0, 0.1) is 5.92 Å². The Morgan fingerprint density at radius 2 is 2.16 bits per heavy atom. The molecule has 3 heterocycles. The molecule has 25 heavy (non-hydrogen) atoms. The lowest BCUT2D eigenvalue weighted by atomic mass is 9.98. The van der Waals surface area contributed by atoms with E-state index in [2.05, 4.69) is 63.3 Å². The molecule has 0 aliphatic carbocycles. The van der Waals surface area contributed by atoms with E-state index < -0.39 is 0 Å². The molecule has 1 aliphatic rings. The first-order chi connectivity index (χ1) is 12.2. The number of aromatic nitrogens is 3. The van der Waals surface area contributed by atoms with Gasteiger partial charge in [0.1, 0.15) is 11.5 Å². The Labute approximate surface area is 148 Å². The van der Waals surface area contributed by atoms with E-state index in [9.17, 15) is 0 Å². The summed E-state index contributed by atoms with van der Waals surface area (Å²) in [6.45, 7) is 3.44. The molecule has 5 heteroatoms. The highest BCUT2D eigenvalue weighted by molar-refractivity contribution is 5.93. The minimum atomic E-state index is 0.709. The van der Waals surface area contributed by atoms with Gasteiger partial charge >= 0.3 is 0 Å². The predicted octanol–water partition coefficient (Wildman–Crippen LogP) is 3.40. The van der Waals surface area contributed by atoms with Gasteiger partial charge in [-0.15, -0.1) is 0 Å². The Balaban J connectivity index is 1.56. The number of para-hydroxylation sites is 1. The van der Waals surface area contributed by atoms with Crippen molar-refractivity contribution in [2.24, 2.45) is 5.92 Å². The van der Waals surface area contributed by atoms with Crippen molar-refractivity contribution in [3.63, 3.8) is 0 Å². The summed E-state index contributed by atoms with van der Waals surface area (Å²) in [6.07, 6.45) is 4.48. The lowest BCUT2D eigenvalue weighted by Crippen LogP contribution is -2.38. The first-order valence-electron chi connectivity index (χ1n) is 9.00. The number of likely N-dealkylation sites (tertiary alicyclic amines) is 1. The van der Waals surface area contributed by atoms with Crippen molar-refractivity contribution in [1.29, 1.82) is 0 Å². The molecule has 1 fully saturated rings. The molecule has 1 aliphatic heterocycles. The van der Waals surface area contributed by atoms with Crippen molar-refractivity contribution in [3.8, 4) is 11.3 Å². The van der Waals surface area contributed by atoms with Crippen molar-refractivity contribution in [2.75, 3.05) is 38.6 Å². The molecule has 1 N–H and O–H groups in total. The molecule has 0 saturated carbocycles. The fourth-order valence-electron chi connectivity index (χ4n) is 3.86. The summed E-state index contributed by atoms with van der Waals surface area (Å²) in [7, 11) is 4.36. The molecular formula is C20H25N5. The summed E-state index contributed by atoms with van der Waals surface area (Å²) < 4.78 is 0. The highest BCUT2D eigenvalue weighted by atomic mass is 15.2. The van der Waals surface area contributed by atoms with Crippen LogP contribution in [0.4, 0.5) is 5.82 Å². The second kappa shape index (κ2) is 6.84. The first kappa shape index (κ1) is 16.1. The molecular weight excluding hydrogens is 310 g/mol. The molecule has 1 atom stereocenters. The first-order valence-corrected chi connectivity index (χ1v) is 9.00. The van der Waals surface area contributed by atoms with Crippen molar-refractivity contribution in [3.05, 3.63) is 42.6 Å². The molecule has 0 amide bonds. The van der Waals surface area contributed by atoms with Crippen molar-refractivity contribution < 1.29 is 0 Å². The van der Waals surface area contributed by atoms with Gasteiger partial charge in [-0.25, -0.2) is 4.98 Å². The number of nitrogens with one attached hydrogen (secondary N) is 1. The Kier molecular flexibility index (Phi) is 4.40. The van der Waals surface area contributed by atoms with E-state index in [-0.39, 0.29) is 0 Å². The van der Waals surface area contributed by atoms with Crippen LogP contribution in [-0.2, 0) is 0 Å². The molecule has 1 aromatic carbocycles. The topological polar surface area (TPSA) is 48.0 Å². The average Bonchev–Trinajstić information content (AvgIpc) is 3.06. The third-order valence-corrected chi connectivity index (χ3v) is 5.13. The summed E-state index contributed by atoms with van der Waals surface area (Å²) in [5.74, 6) is 1.72. The number of fused-ring (bicyclic) bond motifs is 1. The van der Waals surface area contributed by atoms with Crippen LogP contribution in [0.5, 0.6) is 0 Å². The Morgan fingerprint density at radius 1 is 1.28 bits per heavy atom. The lowest BCUT2D eigenvalue weighted by Gasteiger charge is -2.32. The zero-order valence-corrected chi connectivity index (χ0v) is 14.9. The van der Waals surface area contributed by atoms with Crippen molar-refractivity contribution >= 4 is 16.7 Å². The third-order valence-electron chi connectivity index (χ3n) is 5.13. The van der Waals surface area contributed by atoms with E-state index >= 15 is 0 Å².